The van der Waals surface area contributed by atoms with Gasteiger partial charge in [-0.25, -0.2) is 4.79 Å². The van der Waals surface area contributed by atoms with Crippen LogP contribution in [0.1, 0.15) is 58.1 Å². The number of carbonyl (C=O) groups is 2. The van der Waals surface area contributed by atoms with E-state index < -0.39 is 6.09 Å². The first-order chi connectivity index (χ1) is 30.7. The van der Waals surface area contributed by atoms with E-state index in [1.807, 2.05) is 76.2 Å². The van der Waals surface area contributed by atoms with Crippen molar-refractivity contribution in [1.29, 1.82) is 0 Å². The second-order valence-corrected chi connectivity index (χ2v) is 15.4. The molecule has 3 heterocycles. The summed E-state index contributed by atoms with van der Waals surface area (Å²) in [5.74, 6) is 0.466. The van der Waals surface area contributed by atoms with E-state index in [-0.39, 0.29) is 29.7 Å². The zero-order valence-electron chi connectivity index (χ0n) is 36.9. The highest BCUT2D eigenvalue weighted by Gasteiger charge is 2.24. The van der Waals surface area contributed by atoms with Gasteiger partial charge in [0.15, 0.2) is 0 Å². The van der Waals surface area contributed by atoms with Crippen LogP contribution in [-0.2, 0) is 22.5 Å². The molecule has 0 atom stereocenters. The van der Waals surface area contributed by atoms with Crippen molar-refractivity contribution in [2.24, 2.45) is 0 Å². The SMILES string of the molecule is C=CC=C.CC.CC.COc1cc(NC(=O)CCN2CCC(OC(=O)Nc3sc4ccccc4c3-c3ccccc3)CC2)c(Cl)cc1CNCCc1ccc(O)c2[nH]c(=O)ccc12. The molecule has 0 saturated carbocycles. The van der Waals surface area contributed by atoms with E-state index in [1.165, 1.54) is 17.4 Å². The van der Waals surface area contributed by atoms with Crippen LogP contribution in [0.15, 0.2) is 121 Å². The zero-order valence-corrected chi connectivity index (χ0v) is 38.5. The van der Waals surface area contributed by atoms with Crippen LogP contribution in [0.5, 0.6) is 11.5 Å². The number of piperidine rings is 1. The van der Waals surface area contributed by atoms with Crippen molar-refractivity contribution in [3.63, 3.8) is 0 Å². The van der Waals surface area contributed by atoms with Gasteiger partial charge < -0.3 is 35.1 Å². The number of likely N-dealkylation sites (tertiary alicyclic amines) is 1. The Labute approximate surface area is 379 Å². The van der Waals surface area contributed by atoms with Gasteiger partial charge in [-0.05, 0) is 61.2 Å². The molecule has 0 unspecified atom stereocenters. The van der Waals surface area contributed by atoms with Gasteiger partial charge in [-0.15, -0.1) is 11.3 Å². The molecular weight excluding hydrogens is 834 g/mol. The number of H-pyrrole nitrogens is 1. The minimum atomic E-state index is -0.460. The second kappa shape index (κ2) is 25.9. The number of anilines is 2. The van der Waals surface area contributed by atoms with Crippen molar-refractivity contribution in [1.82, 2.24) is 15.2 Å². The number of aromatic amines is 1. The van der Waals surface area contributed by atoms with Crippen LogP contribution >= 0.6 is 22.9 Å². The number of methoxy groups -OCH3 is 1. The van der Waals surface area contributed by atoms with Gasteiger partial charge in [0.05, 0.1) is 23.3 Å². The number of nitrogens with zero attached hydrogens (tertiary/aromatic N) is 1. The highest BCUT2D eigenvalue weighted by molar-refractivity contribution is 7.23. The number of benzene rings is 4. The standard InChI is InChI=1S/C42H42ClN5O6S.C4H6.2C2H6/c1-53-35-24-33(32(43)23-28(35)25-44-19-15-26-11-13-34(49)40-30(26)12-14-37(50)46-40)45-38(51)18-22-48-20-16-29(17-21-48)54-42(52)47-41-39(27-7-3-2-4-8-27)31-9-5-6-10-36(31)55-41;1-3-4-2;2*1-2/h2-14,23-24,29,44,49H,15-22,25H2,1H3,(H,45,51)(H,46,50)(H,47,52);3-4H,1-2H2;2*1-2H3. The maximum Gasteiger partial charge on any atom is 0.412 e. The molecule has 2 amide bonds. The van der Waals surface area contributed by atoms with E-state index in [1.54, 1.807) is 43.5 Å². The molecule has 11 nitrogen and oxygen atoms in total. The molecule has 1 saturated heterocycles. The number of phenols is 1. The third-order valence-electron chi connectivity index (χ3n) is 10.00. The van der Waals surface area contributed by atoms with E-state index >= 15 is 0 Å². The summed E-state index contributed by atoms with van der Waals surface area (Å²) in [6, 6.07) is 28.3. The number of halogens is 1. The lowest BCUT2D eigenvalue weighted by Gasteiger charge is -2.31. The van der Waals surface area contributed by atoms with E-state index in [4.69, 9.17) is 21.1 Å². The monoisotopic (exact) mass is 893 g/mol. The van der Waals surface area contributed by atoms with Gasteiger partial charge >= 0.3 is 6.09 Å². The molecule has 7 rings (SSSR count). The number of nitrogens with one attached hydrogen (secondary N) is 4. The van der Waals surface area contributed by atoms with Crippen LogP contribution in [-0.4, -0.2) is 66.4 Å². The van der Waals surface area contributed by atoms with Gasteiger partial charge in [-0.3, -0.25) is 14.9 Å². The summed E-state index contributed by atoms with van der Waals surface area (Å²) >= 11 is 8.15. The summed E-state index contributed by atoms with van der Waals surface area (Å²) in [5.41, 5.74) is 4.49. The fourth-order valence-electron chi connectivity index (χ4n) is 7.00. The van der Waals surface area contributed by atoms with Crippen LogP contribution in [0.2, 0.25) is 5.02 Å². The van der Waals surface area contributed by atoms with Gasteiger partial charge in [-0.2, -0.15) is 0 Å². The predicted octanol–water partition coefficient (Wildman–Crippen LogP) is 11.6. The molecule has 4 aromatic carbocycles. The molecule has 5 N–H and O–H groups in total. The third kappa shape index (κ3) is 14.0. The Hall–Kier alpha value is -5.92. The highest BCUT2D eigenvalue weighted by atomic mass is 35.5. The van der Waals surface area contributed by atoms with E-state index in [0.29, 0.717) is 74.0 Å². The van der Waals surface area contributed by atoms with Crippen LogP contribution in [0.4, 0.5) is 15.5 Å². The summed E-state index contributed by atoms with van der Waals surface area (Å²) in [5, 5.41) is 22.5. The summed E-state index contributed by atoms with van der Waals surface area (Å²) in [6.07, 6.45) is 4.91. The van der Waals surface area contributed by atoms with Crippen molar-refractivity contribution in [2.45, 2.75) is 66.0 Å². The number of fused-ring (bicyclic) bond motifs is 2. The van der Waals surface area contributed by atoms with Gasteiger partial charge in [-0.1, -0.05) is 119 Å². The Kier molecular flexibility index (Phi) is 20.4. The molecule has 1 fully saturated rings. The number of hydrogen-bond acceptors (Lipinski definition) is 9. The first-order valence-electron chi connectivity index (χ1n) is 21.4. The van der Waals surface area contributed by atoms with Crippen molar-refractivity contribution < 1.29 is 24.2 Å². The number of ether oxygens (including phenoxy) is 2. The van der Waals surface area contributed by atoms with E-state index in [2.05, 4.69) is 51.1 Å². The second-order valence-electron chi connectivity index (χ2n) is 13.9. The lowest BCUT2D eigenvalue weighted by atomic mass is 10.0. The molecule has 1 aliphatic heterocycles. The number of rotatable bonds is 14. The van der Waals surface area contributed by atoms with Gasteiger partial charge in [0.25, 0.3) is 0 Å². The topological polar surface area (TPSA) is 145 Å². The number of aromatic nitrogens is 1. The molecule has 334 valence electrons. The molecule has 0 bridgehead atoms. The molecule has 6 aromatic rings. The molecule has 0 radical (unpaired) electrons. The number of carbonyl (C=O) groups excluding carboxylic acids is 2. The summed E-state index contributed by atoms with van der Waals surface area (Å²) in [6.45, 7) is 17.8. The molecule has 0 aliphatic carbocycles. The Bertz CT molecular complexity index is 2470. The van der Waals surface area contributed by atoms with Crippen molar-refractivity contribution in [3.05, 3.63) is 143 Å². The Morgan fingerprint density at radius 1 is 0.905 bits per heavy atom. The average Bonchev–Trinajstić information content (AvgIpc) is 3.68. The Morgan fingerprint density at radius 3 is 2.30 bits per heavy atom. The van der Waals surface area contributed by atoms with Crippen LogP contribution in [0, 0.1) is 0 Å². The van der Waals surface area contributed by atoms with Crippen LogP contribution < -0.4 is 26.2 Å². The normalized spacial score (nSPS) is 12.3. The number of hydrogen-bond donors (Lipinski definition) is 5. The van der Waals surface area contributed by atoms with Gasteiger partial charge in [0, 0.05) is 71.3 Å². The van der Waals surface area contributed by atoms with Gasteiger partial charge in [0.1, 0.15) is 22.6 Å². The summed E-state index contributed by atoms with van der Waals surface area (Å²) in [4.78, 5) is 42.7. The number of allylic oxidation sites excluding steroid dienone is 2. The van der Waals surface area contributed by atoms with E-state index in [9.17, 15) is 19.5 Å². The Morgan fingerprint density at radius 2 is 1.60 bits per heavy atom. The molecule has 2 aromatic heterocycles. The maximum absolute atomic E-state index is 13.0. The lowest BCUT2D eigenvalue weighted by Crippen LogP contribution is -2.39. The average molecular weight is 895 g/mol. The number of phenolic OH excluding ortho intramolecular Hbond substituents is 1. The first kappa shape index (κ1) is 49.7. The van der Waals surface area contributed by atoms with E-state index in [0.717, 1.165) is 42.7 Å². The predicted molar refractivity (Wildman–Crippen MR) is 263 cm³/mol. The maximum atomic E-state index is 13.0. The summed E-state index contributed by atoms with van der Waals surface area (Å²) < 4.78 is 12.6. The number of thiophene rings is 1. The van der Waals surface area contributed by atoms with Crippen molar-refractivity contribution in [3.8, 4) is 22.6 Å². The molecular formula is C50H60ClN5O6S. The quantitative estimate of drug-likeness (QED) is 0.0537. The minimum Gasteiger partial charge on any atom is -0.506 e. The molecule has 1 aliphatic rings. The minimum absolute atomic E-state index is 0.0336. The fraction of sp³-hybridized carbons (Fsp3) is 0.300. The number of pyridine rings is 1. The van der Waals surface area contributed by atoms with Crippen LogP contribution in [0.25, 0.3) is 32.1 Å². The molecule has 13 heteroatoms. The zero-order chi connectivity index (χ0) is 45.7. The summed E-state index contributed by atoms with van der Waals surface area (Å²) in [7, 11) is 1.57. The van der Waals surface area contributed by atoms with Crippen LogP contribution in [0.3, 0.4) is 0 Å². The number of aromatic hydroxyl groups is 1. The molecule has 0 spiro atoms. The smallest absolute Gasteiger partial charge is 0.412 e. The lowest BCUT2D eigenvalue weighted by molar-refractivity contribution is -0.116. The Balaban J connectivity index is 0.00000102. The fourth-order valence-corrected chi connectivity index (χ4v) is 8.35. The number of amides is 2. The highest BCUT2D eigenvalue weighted by Crippen LogP contribution is 2.42. The largest absolute Gasteiger partial charge is 0.506 e. The molecule has 63 heavy (non-hydrogen) atoms. The van der Waals surface area contributed by atoms with Crippen molar-refractivity contribution in [2.75, 3.05) is 43.9 Å². The van der Waals surface area contributed by atoms with Gasteiger partial charge in [0.2, 0.25) is 11.5 Å². The first-order valence-corrected chi connectivity index (χ1v) is 22.6. The van der Waals surface area contributed by atoms with Crippen molar-refractivity contribution >= 4 is 66.6 Å². The third-order valence-corrected chi connectivity index (χ3v) is 11.4.